The molecule has 0 aliphatic carbocycles. The quantitative estimate of drug-likeness (QED) is 0.646. The number of ether oxygens (including phenoxy) is 1. The van der Waals surface area contributed by atoms with Crippen molar-refractivity contribution in [3.8, 4) is 16.9 Å². The van der Waals surface area contributed by atoms with Gasteiger partial charge in [-0.2, -0.15) is 0 Å². The first-order valence-corrected chi connectivity index (χ1v) is 10.5. The van der Waals surface area contributed by atoms with Crippen LogP contribution in [0.25, 0.3) is 11.1 Å². The monoisotopic (exact) mass is 430 g/mol. The summed E-state index contributed by atoms with van der Waals surface area (Å²) in [4.78, 5) is 30.8. The molecular formula is C26H26N2O4. The fourth-order valence-corrected chi connectivity index (χ4v) is 4.52. The molecule has 2 aromatic carbocycles. The Morgan fingerprint density at radius 2 is 1.69 bits per heavy atom. The number of aromatic nitrogens is 1. The van der Waals surface area contributed by atoms with Gasteiger partial charge in [0.2, 0.25) is 0 Å². The van der Waals surface area contributed by atoms with E-state index in [4.69, 9.17) is 4.74 Å². The molecule has 1 aliphatic rings. The summed E-state index contributed by atoms with van der Waals surface area (Å²) in [5.41, 5.74) is 8.50. The van der Waals surface area contributed by atoms with Gasteiger partial charge in [0.05, 0.1) is 25.3 Å². The number of methoxy groups -OCH3 is 1. The van der Waals surface area contributed by atoms with Crippen LogP contribution in [0, 0.1) is 20.8 Å². The average Bonchev–Trinajstić information content (AvgIpc) is 3.24. The van der Waals surface area contributed by atoms with Gasteiger partial charge in [0.15, 0.2) is 0 Å². The summed E-state index contributed by atoms with van der Waals surface area (Å²) in [7, 11) is 1.54. The Bertz CT molecular complexity index is 1220. The molecule has 4 rings (SSSR count). The molecular weight excluding hydrogens is 404 g/mol. The van der Waals surface area contributed by atoms with E-state index in [-0.39, 0.29) is 12.3 Å². The van der Waals surface area contributed by atoms with E-state index in [0.29, 0.717) is 24.4 Å². The number of fused-ring (bicyclic) bond motifs is 1. The largest absolute Gasteiger partial charge is 0.495 e. The molecule has 164 valence electrons. The highest BCUT2D eigenvalue weighted by atomic mass is 16.5. The molecule has 1 aliphatic heterocycles. The van der Waals surface area contributed by atoms with Crippen LogP contribution in [0.3, 0.4) is 0 Å². The van der Waals surface area contributed by atoms with Gasteiger partial charge in [-0.1, -0.05) is 29.8 Å². The van der Waals surface area contributed by atoms with Crippen LogP contribution in [0.15, 0.2) is 42.7 Å². The number of carboxylic acids is 1. The van der Waals surface area contributed by atoms with Crippen molar-refractivity contribution in [2.45, 2.75) is 40.3 Å². The molecule has 1 N–H and O–H groups in total. The van der Waals surface area contributed by atoms with Gasteiger partial charge in [0.1, 0.15) is 5.75 Å². The highest BCUT2D eigenvalue weighted by Gasteiger charge is 2.31. The van der Waals surface area contributed by atoms with E-state index < -0.39 is 5.97 Å². The number of carbonyl (C=O) groups excluding carboxylic acids is 1. The maximum absolute atomic E-state index is 13.2. The number of pyridine rings is 1. The Morgan fingerprint density at radius 1 is 1.03 bits per heavy atom. The van der Waals surface area contributed by atoms with Crippen molar-refractivity contribution in [1.29, 1.82) is 0 Å². The zero-order valence-corrected chi connectivity index (χ0v) is 18.7. The first kappa shape index (κ1) is 21.6. The van der Waals surface area contributed by atoms with Gasteiger partial charge in [-0.15, -0.1) is 0 Å². The lowest BCUT2D eigenvalue weighted by atomic mass is 9.84. The van der Waals surface area contributed by atoms with E-state index in [1.807, 2.05) is 45.0 Å². The van der Waals surface area contributed by atoms with Gasteiger partial charge in [-0.05, 0) is 65.8 Å². The number of rotatable bonds is 5. The molecule has 0 bridgehead atoms. The molecule has 6 nitrogen and oxygen atoms in total. The minimum atomic E-state index is -0.866. The van der Waals surface area contributed by atoms with Gasteiger partial charge < -0.3 is 14.7 Å². The average molecular weight is 431 g/mol. The molecule has 32 heavy (non-hydrogen) atoms. The van der Waals surface area contributed by atoms with Crippen molar-refractivity contribution >= 4 is 11.9 Å². The van der Waals surface area contributed by atoms with Crippen LogP contribution in [-0.4, -0.2) is 34.0 Å². The minimum absolute atomic E-state index is 0.0586. The summed E-state index contributed by atoms with van der Waals surface area (Å²) in [6.07, 6.45) is 3.05. The predicted octanol–water partition coefficient (Wildman–Crippen LogP) is 4.47. The third-order valence-corrected chi connectivity index (χ3v) is 6.25. The zero-order valence-electron chi connectivity index (χ0n) is 18.7. The van der Waals surface area contributed by atoms with Crippen LogP contribution >= 0.6 is 0 Å². The molecule has 0 fully saturated rings. The van der Waals surface area contributed by atoms with E-state index >= 15 is 0 Å². The van der Waals surface area contributed by atoms with Crippen molar-refractivity contribution in [2.75, 3.05) is 7.11 Å². The smallest absolute Gasteiger partial charge is 0.307 e. The lowest BCUT2D eigenvalue weighted by Crippen LogP contribution is -2.25. The lowest BCUT2D eigenvalue weighted by Gasteiger charge is -2.19. The number of benzene rings is 2. The molecule has 0 saturated heterocycles. The second kappa shape index (κ2) is 8.46. The first-order chi connectivity index (χ1) is 15.3. The summed E-state index contributed by atoms with van der Waals surface area (Å²) >= 11 is 0. The van der Waals surface area contributed by atoms with Gasteiger partial charge in [-0.25, -0.2) is 0 Å². The van der Waals surface area contributed by atoms with E-state index in [9.17, 15) is 14.7 Å². The molecule has 3 aromatic rings. The van der Waals surface area contributed by atoms with Crippen molar-refractivity contribution in [1.82, 2.24) is 9.88 Å². The standard InChI is InChI=1S/C26H26N2O4/c1-15-5-7-18(8-6-15)25-17(3)23-14-28(13-22(23)16(2)21(25)10-24(29)30)26(31)19-9-20(32-4)12-27-11-19/h5-9,11-12H,10,13-14H2,1-4H3,(H,29,30). The van der Waals surface area contributed by atoms with Crippen molar-refractivity contribution in [2.24, 2.45) is 0 Å². The van der Waals surface area contributed by atoms with Gasteiger partial charge in [0.25, 0.3) is 5.91 Å². The SMILES string of the molecule is COc1cncc(C(=O)N2Cc3c(C)c(CC(=O)O)c(-c4ccc(C)cc4)c(C)c3C2)c1. The topological polar surface area (TPSA) is 79.7 Å². The van der Waals surface area contributed by atoms with Crippen LogP contribution in [0.2, 0.25) is 0 Å². The van der Waals surface area contributed by atoms with Crippen LogP contribution in [0.1, 0.15) is 43.7 Å². The molecule has 0 saturated carbocycles. The lowest BCUT2D eigenvalue weighted by molar-refractivity contribution is -0.136. The van der Waals surface area contributed by atoms with Crippen LogP contribution in [0.4, 0.5) is 0 Å². The summed E-state index contributed by atoms with van der Waals surface area (Å²) in [6.45, 7) is 6.94. The summed E-state index contributed by atoms with van der Waals surface area (Å²) < 4.78 is 5.20. The molecule has 1 amide bonds. The maximum atomic E-state index is 13.2. The third kappa shape index (κ3) is 3.84. The fraction of sp³-hybridized carbons (Fsp3) is 0.269. The molecule has 0 unspecified atom stereocenters. The van der Waals surface area contributed by atoms with Gasteiger partial charge >= 0.3 is 5.97 Å². The molecule has 6 heteroatoms. The Kier molecular flexibility index (Phi) is 5.70. The molecule has 0 radical (unpaired) electrons. The maximum Gasteiger partial charge on any atom is 0.307 e. The number of aryl methyl sites for hydroxylation is 1. The second-order valence-corrected chi connectivity index (χ2v) is 8.27. The summed E-state index contributed by atoms with van der Waals surface area (Å²) in [5, 5.41) is 9.60. The number of hydrogen-bond donors (Lipinski definition) is 1. The van der Waals surface area contributed by atoms with Crippen molar-refractivity contribution in [3.63, 3.8) is 0 Å². The Hall–Kier alpha value is -3.67. The summed E-state index contributed by atoms with van der Waals surface area (Å²) in [5.74, 6) is -0.456. The van der Waals surface area contributed by atoms with E-state index in [0.717, 1.165) is 44.5 Å². The number of carboxylic acid groups (broad SMARTS) is 1. The van der Waals surface area contributed by atoms with E-state index in [2.05, 4.69) is 4.98 Å². The molecule has 0 atom stereocenters. The van der Waals surface area contributed by atoms with E-state index in [1.165, 1.54) is 0 Å². The Morgan fingerprint density at radius 3 is 2.31 bits per heavy atom. The highest BCUT2D eigenvalue weighted by molar-refractivity contribution is 5.95. The summed E-state index contributed by atoms with van der Waals surface area (Å²) in [6, 6.07) is 9.83. The number of hydrogen-bond acceptors (Lipinski definition) is 4. The van der Waals surface area contributed by atoms with Gasteiger partial charge in [0, 0.05) is 19.3 Å². The number of carbonyl (C=O) groups is 2. The number of aliphatic carboxylic acids is 1. The molecule has 2 heterocycles. The minimum Gasteiger partial charge on any atom is -0.495 e. The fourth-order valence-electron chi connectivity index (χ4n) is 4.52. The Labute approximate surface area is 187 Å². The second-order valence-electron chi connectivity index (χ2n) is 8.27. The Balaban J connectivity index is 1.79. The first-order valence-electron chi connectivity index (χ1n) is 10.5. The van der Waals surface area contributed by atoms with Crippen molar-refractivity contribution < 1.29 is 19.4 Å². The van der Waals surface area contributed by atoms with Crippen LogP contribution < -0.4 is 4.74 Å². The van der Waals surface area contributed by atoms with E-state index in [1.54, 1.807) is 30.5 Å². The third-order valence-electron chi connectivity index (χ3n) is 6.25. The highest BCUT2D eigenvalue weighted by Crippen LogP contribution is 2.40. The van der Waals surface area contributed by atoms with Crippen LogP contribution in [-0.2, 0) is 24.3 Å². The predicted molar refractivity (Wildman–Crippen MR) is 122 cm³/mol. The molecule has 1 aromatic heterocycles. The van der Waals surface area contributed by atoms with Gasteiger partial charge in [-0.3, -0.25) is 14.6 Å². The van der Waals surface area contributed by atoms with Crippen molar-refractivity contribution in [3.05, 3.63) is 81.7 Å². The number of nitrogens with zero attached hydrogens (tertiary/aromatic N) is 2. The normalized spacial score (nSPS) is 12.6. The number of amides is 1. The molecule has 0 spiro atoms. The zero-order chi connectivity index (χ0) is 23.0. The van der Waals surface area contributed by atoms with Crippen LogP contribution in [0.5, 0.6) is 5.75 Å².